The number of benzene rings is 2. The van der Waals surface area contributed by atoms with Crippen LogP contribution in [0.3, 0.4) is 0 Å². The molecule has 0 bridgehead atoms. The average Bonchev–Trinajstić information content (AvgIpc) is 3.36. The van der Waals surface area contributed by atoms with E-state index in [9.17, 15) is 9.59 Å². The first-order valence-electron chi connectivity index (χ1n) is 11.2. The lowest BCUT2D eigenvalue weighted by Gasteiger charge is -2.45. The van der Waals surface area contributed by atoms with Crippen LogP contribution in [-0.2, 0) is 11.3 Å². The van der Waals surface area contributed by atoms with Crippen molar-refractivity contribution in [2.45, 2.75) is 58.0 Å². The third-order valence-corrected chi connectivity index (χ3v) is 6.50. The molecule has 166 valence electrons. The van der Waals surface area contributed by atoms with Crippen molar-refractivity contribution in [3.63, 3.8) is 0 Å². The molecule has 0 saturated heterocycles. The molecule has 32 heavy (non-hydrogen) atoms. The van der Waals surface area contributed by atoms with Gasteiger partial charge in [0.25, 0.3) is 5.91 Å². The van der Waals surface area contributed by atoms with Crippen LogP contribution >= 0.6 is 0 Å². The average molecular weight is 431 g/mol. The first-order valence-corrected chi connectivity index (χ1v) is 11.2. The highest BCUT2D eigenvalue weighted by molar-refractivity contribution is 6.03. The summed E-state index contributed by atoms with van der Waals surface area (Å²) in [5.74, 6) is -0.316. The summed E-state index contributed by atoms with van der Waals surface area (Å²) in [4.78, 5) is 29.4. The van der Waals surface area contributed by atoms with E-state index < -0.39 is 5.54 Å². The number of carbonyl (C=O) groups is 2. The molecule has 0 radical (unpaired) electrons. The fraction of sp³-hybridized carbons (Fsp3) is 0.346. The SMILES string of the molecule is Cc1cccc(C)c1NC(=O)C1(N(Cc2ccccc2)C(=O)c2ccn[nH]2)CCCCC1. The van der Waals surface area contributed by atoms with Crippen LogP contribution in [0.1, 0.15) is 59.3 Å². The predicted octanol–water partition coefficient (Wildman–Crippen LogP) is 5.01. The molecule has 6 nitrogen and oxygen atoms in total. The summed E-state index contributed by atoms with van der Waals surface area (Å²) in [6.45, 7) is 4.35. The van der Waals surface area contributed by atoms with Gasteiger partial charge >= 0.3 is 0 Å². The fourth-order valence-corrected chi connectivity index (χ4v) is 4.70. The molecular weight excluding hydrogens is 400 g/mol. The number of nitrogens with zero attached hydrogens (tertiary/aromatic N) is 2. The number of carbonyl (C=O) groups excluding carboxylic acids is 2. The van der Waals surface area contributed by atoms with Crippen molar-refractivity contribution in [2.75, 3.05) is 5.32 Å². The molecule has 0 atom stereocenters. The summed E-state index contributed by atoms with van der Waals surface area (Å²) in [6, 6.07) is 17.5. The van der Waals surface area contributed by atoms with Crippen molar-refractivity contribution < 1.29 is 9.59 Å². The second kappa shape index (κ2) is 9.39. The van der Waals surface area contributed by atoms with Gasteiger partial charge < -0.3 is 10.2 Å². The number of aromatic nitrogens is 2. The Labute approximate surface area is 189 Å². The van der Waals surface area contributed by atoms with Crippen molar-refractivity contribution in [3.8, 4) is 0 Å². The summed E-state index contributed by atoms with van der Waals surface area (Å²) in [7, 11) is 0. The molecule has 1 aromatic heterocycles. The normalized spacial score (nSPS) is 15.2. The van der Waals surface area contributed by atoms with Gasteiger partial charge in [0.1, 0.15) is 11.2 Å². The molecule has 0 unspecified atom stereocenters. The molecule has 1 saturated carbocycles. The van der Waals surface area contributed by atoms with Gasteiger partial charge in [0.2, 0.25) is 5.91 Å². The Morgan fingerprint density at radius 2 is 1.66 bits per heavy atom. The van der Waals surface area contributed by atoms with Crippen molar-refractivity contribution in [3.05, 3.63) is 83.2 Å². The molecule has 1 aliphatic carbocycles. The highest BCUT2D eigenvalue weighted by Gasteiger charge is 2.47. The highest BCUT2D eigenvalue weighted by atomic mass is 16.2. The molecule has 2 N–H and O–H groups in total. The third kappa shape index (κ3) is 4.31. The van der Waals surface area contributed by atoms with Crippen molar-refractivity contribution >= 4 is 17.5 Å². The number of aromatic amines is 1. The minimum absolute atomic E-state index is 0.113. The van der Waals surface area contributed by atoms with E-state index in [0.29, 0.717) is 25.1 Å². The fourth-order valence-electron chi connectivity index (χ4n) is 4.70. The second-order valence-electron chi connectivity index (χ2n) is 8.66. The second-order valence-corrected chi connectivity index (χ2v) is 8.66. The third-order valence-electron chi connectivity index (χ3n) is 6.50. The topological polar surface area (TPSA) is 78.1 Å². The molecule has 0 aliphatic heterocycles. The maximum absolute atomic E-state index is 14.0. The van der Waals surface area contributed by atoms with Gasteiger partial charge in [0.15, 0.2) is 0 Å². The zero-order valence-electron chi connectivity index (χ0n) is 18.7. The Bertz CT molecular complexity index is 1050. The van der Waals surface area contributed by atoms with Crippen molar-refractivity contribution in [1.82, 2.24) is 15.1 Å². The minimum atomic E-state index is -0.926. The summed E-state index contributed by atoms with van der Waals surface area (Å²) in [5.41, 5.74) is 3.31. The molecule has 4 rings (SSSR count). The minimum Gasteiger partial charge on any atom is -0.324 e. The highest BCUT2D eigenvalue weighted by Crippen LogP contribution is 2.37. The molecule has 6 heteroatoms. The molecular formula is C26H30N4O2. The van der Waals surface area contributed by atoms with Crippen molar-refractivity contribution in [2.24, 2.45) is 0 Å². The van der Waals surface area contributed by atoms with E-state index in [0.717, 1.165) is 41.6 Å². The maximum Gasteiger partial charge on any atom is 0.273 e. The van der Waals surface area contributed by atoms with Crippen molar-refractivity contribution in [1.29, 1.82) is 0 Å². The lowest BCUT2D eigenvalue weighted by Crippen LogP contribution is -2.59. The number of nitrogens with one attached hydrogen (secondary N) is 2. The standard InChI is InChI=1S/C26H30N4O2/c1-19-10-9-11-20(2)23(19)28-25(32)26(15-7-4-8-16-26)30(18-21-12-5-3-6-13-21)24(31)22-14-17-27-29-22/h3,5-6,9-14,17H,4,7-8,15-16,18H2,1-2H3,(H,27,29)(H,28,32). The molecule has 3 aromatic rings. The Morgan fingerprint density at radius 1 is 0.969 bits per heavy atom. The van der Waals surface area contributed by atoms with Crippen LogP contribution in [0.25, 0.3) is 0 Å². The lowest BCUT2D eigenvalue weighted by molar-refractivity contribution is -0.129. The first kappa shape index (κ1) is 21.8. The number of para-hydroxylation sites is 1. The number of H-pyrrole nitrogens is 1. The number of hydrogen-bond donors (Lipinski definition) is 2. The zero-order chi connectivity index (χ0) is 22.6. The number of rotatable bonds is 6. The van der Waals surface area contributed by atoms with E-state index in [2.05, 4.69) is 15.5 Å². The summed E-state index contributed by atoms with van der Waals surface area (Å²) < 4.78 is 0. The number of aryl methyl sites for hydroxylation is 2. The van der Waals surface area contributed by atoms with Crippen LogP contribution in [0.4, 0.5) is 5.69 Å². The molecule has 1 fully saturated rings. The van der Waals surface area contributed by atoms with Gasteiger partial charge in [-0.3, -0.25) is 14.7 Å². The van der Waals surface area contributed by atoms with Gasteiger partial charge in [-0.15, -0.1) is 0 Å². The number of amides is 2. The molecule has 2 aromatic carbocycles. The Kier molecular flexibility index (Phi) is 6.40. The number of hydrogen-bond acceptors (Lipinski definition) is 3. The van der Waals surface area contributed by atoms with E-state index in [1.807, 2.05) is 62.4 Å². The van der Waals surface area contributed by atoms with Crippen LogP contribution in [0.5, 0.6) is 0 Å². The van der Waals surface area contributed by atoms with Crippen LogP contribution in [0.2, 0.25) is 0 Å². The predicted molar refractivity (Wildman–Crippen MR) is 125 cm³/mol. The van der Waals surface area contributed by atoms with Gasteiger partial charge in [0.05, 0.1) is 0 Å². The van der Waals surface area contributed by atoms with E-state index in [4.69, 9.17) is 0 Å². The van der Waals surface area contributed by atoms with E-state index in [1.165, 1.54) is 0 Å². The molecule has 1 aliphatic rings. The summed E-state index contributed by atoms with van der Waals surface area (Å²) in [5, 5.41) is 9.95. The monoisotopic (exact) mass is 430 g/mol. The van der Waals surface area contributed by atoms with Gasteiger partial charge in [-0.05, 0) is 49.4 Å². The van der Waals surface area contributed by atoms with Gasteiger partial charge in [-0.1, -0.05) is 67.8 Å². The lowest BCUT2D eigenvalue weighted by atomic mass is 9.78. The summed E-state index contributed by atoms with van der Waals surface area (Å²) >= 11 is 0. The quantitative estimate of drug-likeness (QED) is 0.577. The Morgan fingerprint density at radius 3 is 2.28 bits per heavy atom. The first-order chi connectivity index (χ1) is 15.5. The van der Waals surface area contributed by atoms with Crippen LogP contribution < -0.4 is 5.32 Å². The van der Waals surface area contributed by atoms with E-state index >= 15 is 0 Å². The van der Waals surface area contributed by atoms with E-state index in [1.54, 1.807) is 17.2 Å². The Hall–Kier alpha value is -3.41. The van der Waals surface area contributed by atoms with Gasteiger partial charge in [0, 0.05) is 18.4 Å². The zero-order valence-corrected chi connectivity index (χ0v) is 18.7. The van der Waals surface area contributed by atoms with Crippen LogP contribution in [-0.4, -0.2) is 32.5 Å². The molecule has 0 spiro atoms. The van der Waals surface area contributed by atoms with E-state index in [-0.39, 0.29) is 11.8 Å². The smallest absolute Gasteiger partial charge is 0.273 e. The van der Waals surface area contributed by atoms with Crippen LogP contribution in [0, 0.1) is 13.8 Å². The van der Waals surface area contributed by atoms with Crippen LogP contribution in [0.15, 0.2) is 60.8 Å². The molecule has 2 amide bonds. The van der Waals surface area contributed by atoms with Gasteiger partial charge in [-0.2, -0.15) is 5.10 Å². The molecule has 1 heterocycles. The largest absolute Gasteiger partial charge is 0.324 e. The Balaban J connectivity index is 1.75. The number of anilines is 1. The van der Waals surface area contributed by atoms with Gasteiger partial charge in [-0.25, -0.2) is 0 Å². The summed E-state index contributed by atoms with van der Waals surface area (Å²) in [6.07, 6.45) is 5.71. The maximum atomic E-state index is 14.0.